The number of amides is 1. The van der Waals surface area contributed by atoms with E-state index < -0.39 is 0 Å². The Morgan fingerprint density at radius 1 is 1.42 bits per heavy atom. The van der Waals surface area contributed by atoms with Gasteiger partial charge in [0.1, 0.15) is 5.02 Å². The van der Waals surface area contributed by atoms with E-state index in [-0.39, 0.29) is 24.5 Å². The highest BCUT2D eigenvalue weighted by Gasteiger charge is 2.33. The van der Waals surface area contributed by atoms with Gasteiger partial charge in [-0.2, -0.15) is 4.98 Å². The van der Waals surface area contributed by atoms with Gasteiger partial charge < -0.3 is 25.5 Å². The summed E-state index contributed by atoms with van der Waals surface area (Å²) in [4.78, 5) is 25.1. The van der Waals surface area contributed by atoms with Gasteiger partial charge >= 0.3 is 0 Å². The van der Waals surface area contributed by atoms with Gasteiger partial charge in [0.2, 0.25) is 11.9 Å². The number of aliphatic hydroxyl groups is 1. The second-order valence-corrected chi connectivity index (χ2v) is 8.59. The maximum atomic E-state index is 12.1. The number of nitrogens with one attached hydrogen (secondary N) is 2. The molecular formula is C22H33ClN6O2. The molecule has 0 radical (unpaired) electrons. The molecule has 2 aliphatic rings. The Morgan fingerprint density at radius 3 is 2.94 bits per heavy atom. The van der Waals surface area contributed by atoms with Gasteiger partial charge in [0, 0.05) is 44.8 Å². The maximum Gasteiger partial charge on any atom is 0.229 e. The summed E-state index contributed by atoms with van der Waals surface area (Å²) in [7, 11) is 1.90. The van der Waals surface area contributed by atoms with E-state index in [4.69, 9.17) is 11.6 Å². The van der Waals surface area contributed by atoms with Gasteiger partial charge in [-0.15, -0.1) is 0 Å². The van der Waals surface area contributed by atoms with Crippen molar-refractivity contribution in [2.24, 2.45) is 5.92 Å². The standard InChI is InChI=1S/C22H33ClN6O2/c1-3-4-5-6-17(14-28(2)11-12-30)26-22-24-13-19(23)20(27-22)29-10-9-18(15-29)25-21(31)16-7-8-16/h5-6,13-14,16,18,30H,3-4,7-12,15H2,1-2H3,(H,25,31)(H,24,26,27)/b6-5+,17-14+/t18-/m0/s1. The van der Waals surface area contributed by atoms with E-state index in [0.29, 0.717) is 29.9 Å². The predicted molar refractivity (Wildman–Crippen MR) is 124 cm³/mol. The minimum absolute atomic E-state index is 0.0773. The van der Waals surface area contributed by atoms with Crippen LogP contribution in [0.2, 0.25) is 5.02 Å². The molecule has 9 heteroatoms. The maximum absolute atomic E-state index is 12.1. The average molecular weight is 449 g/mol. The fourth-order valence-corrected chi connectivity index (χ4v) is 3.67. The van der Waals surface area contributed by atoms with Crippen LogP contribution in [0, 0.1) is 5.92 Å². The van der Waals surface area contributed by atoms with E-state index in [1.165, 1.54) is 0 Å². The van der Waals surface area contributed by atoms with Gasteiger partial charge in [0.05, 0.1) is 18.5 Å². The molecule has 170 valence electrons. The van der Waals surface area contributed by atoms with Gasteiger partial charge in [-0.05, 0) is 31.8 Å². The van der Waals surface area contributed by atoms with E-state index in [1.807, 2.05) is 24.2 Å². The van der Waals surface area contributed by atoms with Crippen molar-refractivity contribution in [2.75, 3.05) is 43.5 Å². The number of rotatable bonds is 11. The lowest BCUT2D eigenvalue weighted by Gasteiger charge is -2.20. The number of aliphatic hydroxyl groups excluding tert-OH is 1. The first kappa shape index (κ1) is 23.3. The van der Waals surface area contributed by atoms with Crippen LogP contribution in [0.5, 0.6) is 0 Å². The van der Waals surface area contributed by atoms with E-state index in [1.54, 1.807) is 6.20 Å². The van der Waals surface area contributed by atoms with Crippen molar-refractivity contribution in [3.8, 4) is 0 Å². The zero-order chi connectivity index (χ0) is 22.2. The van der Waals surface area contributed by atoms with E-state index >= 15 is 0 Å². The van der Waals surface area contributed by atoms with Gasteiger partial charge in [0.25, 0.3) is 0 Å². The van der Waals surface area contributed by atoms with Gasteiger partial charge in [-0.1, -0.05) is 31.0 Å². The lowest BCUT2D eigenvalue weighted by atomic mass is 10.2. The first-order valence-corrected chi connectivity index (χ1v) is 11.4. The molecule has 1 saturated carbocycles. The number of unbranched alkanes of at least 4 members (excludes halogenated alkanes) is 1. The van der Waals surface area contributed by atoms with Crippen LogP contribution in [-0.4, -0.2) is 65.2 Å². The third kappa shape index (κ3) is 7.11. The van der Waals surface area contributed by atoms with Crippen LogP contribution in [-0.2, 0) is 4.79 Å². The first-order chi connectivity index (χ1) is 15.0. The van der Waals surface area contributed by atoms with Gasteiger partial charge in [-0.3, -0.25) is 4.79 Å². The molecule has 0 aromatic carbocycles. The molecule has 1 atom stereocenters. The summed E-state index contributed by atoms with van der Waals surface area (Å²) in [5, 5.41) is 16.1. The molecule has 8 nitrogen and oxygen atoms in total. The lowest BCUT2D eigenvalue weighted by Crippen LogP contribution is -2.38. The summed E-state index contributed by atoms with van der Waals surface area (Å²) in [6.07, 6.45) is 12.5. The summed E-state index contributed by atoms with van der Waals surface area (Å²) >= 11 is 6.41. The Balaban J connectivity index is 1.69. The number of allylic oxidation sites excluding steroid dienone is 2. The highest BCUT2D eigenvalue weighted by Crippen LogP contribution is 2.30. The van der Waals surface area contributed by atoms with E-state index in [2.05, 4.69) is 38.5 Å². The molecule has 2 fully saturated rings. The molecule has 1 aromatic heterocycles. The number of likely N-dealkylation sites (N-methyl/N-ethyl adjacent to an activating group) is 1. The Bertz CT molecular complexity index is 811. The second-order valence-electron chi connectivity index (χ2n) is 8.18. The number of nitrogens with zero attached hydrogens (tertiary/aromatic N) is 4. The number of halogens is 1. The second kappa shape index (κ2) is 11.3. The van der Waals surface area contributed by atoms with E-state index in [9.17, 15) is 9.90 Å². The van der Waals surface area contributed by atoms with Crippen molar-refractivity contribution in [1.29, 1.82) is 0 Å². The highest BCUT2D eigenvalue weighted by molar-refractivity contribution is 6.32. The number of hydrogen-bond acceptors (Lipinski definition) is 7. The fraction of sp³-hybridized carbons (Fsp3) is 0.591. The molecule has 31 heavy (non-hydrogen) atoms. The Morgan fingerprint density at radius 2 is 2.23 bits per heavy atom. The summed E-state index contributed by atoms with van der Waals surface area (Å²) in [5.74, 6) is 1.50. The Labute approximate surface area is 189 Å². The number of carbonyl (C=O) groups is 1. The summed E-state index contributed by atoms with van der Waals surface area (Å²) in [6, 6.07) is 0.120. The summed E-state index contributed by atoms with van der Waals surface area (Å²) < 4.78 is 0. The number of carbonyl (C=O) groups excluding carboxylic acids is 1. The van der Waals surface area contributed by atoms with Crippen molar-refractivity contribution >= 4 is 29.3 Å². The Hall–Kier alpha value is -2.32. The van der Waals surface area contributed by atoms with E-state index in [0.717, 1.165) is 44.3 Å². The molecule has 0 bridgehead atoms. The van der Waals surface area contributed by atoms with Crippen LogP contribution in [0.25, 0.3) is 0 Å². The van der Waals surface area contributed by atoms with Crippen molar-refractivity contribution in [1.82, 2.24) is 20.2 Å². The summed E-state index contributed by atoms with van der Waals surface area (Å²) in [6.45, 7) is 4.20. The molecule has 0 unspecified atom stereocenters. The highest BCUT2D eigenvalue weighted by atomic mass is 35.5. The van der Waals surface area contributed by atoms with Crippen molar-refractivity contribution in [3.63, 3.8) is 0 Å². The lowest BCUT2D eigenvalue weighted by molar-refractivity contribution is -0.122. The van der Waals surface area contributed by atoms with Gasteiger partial charge in [0.15, 0.2) is 5.82 Å². The van der Waals surface area contributed by atoms with Crippen molar-refractivity contribution < 1.29 is 9.90 Å². The third-order valence-corrected chi connectivity index (χ3v) is 5.60. The quantitative estimate of drug-likeness (QED) is 0.448. The van der Waals surface area contributed by atoms with Crippen LogP contribution >= 0.6 is 11.6 Å². The number of aromatic nitrogens is 2. The molecule has 3 N–H and O–H groups in total. The van der Waals surface area contributed by atoms with Gasteiger partial charge in [-0.25, -0.2) is 4.98 Å². The normalized spacial score (nSPS) is 19.2. The third-order valence-electron chi connectivity index (χ3n) is 5.33. The topological polar surface area (TPSA) is 93.6 Å². The Kier molecular flexibility index (Phi) is 8.54. The fourth-order valence-electron chi connectivity index (χ4n) is 3.46. The SMILES string of the molecule is CCC/C=C/C(=C\N(C)CCO)Nc1ncc(Cl)c(N2CC[C@H](NC(=O)C3CC3)C2)n1. The summed E-state index contributed by atoms with van der Waals surface area (Å²) in [5.41, 5.74) is 0.827. The zero-order valence-corrected chi connectivity index (χ0v) is 19.1. The molecule has 3 rings (SSSR count). The molecule has 1 aromatic rings. The molecular weight excluding hydrogens is 416 g/mol. The smallest absolute Gasteiger partial charge is 0.229 e. The van der Waals surface area contributed by atoms with Crippen LogP contribution in [0.1, 0.15) is 39.0 Å². The number of hydrogen-bond donors (Lipinski definition) is 3. The minimum atomic E-state index is 0.0773. The van der Waals surface area contributed by atoms with Crippen LogP contribution in [0.15, 0.2) is 30.2 Å². The van der Waals surface area contributed by atoms with Crippen LogP contribution in [0.4, 0.5) is 11.8 Å². The molecule has 1 amide bonds. The minimum Gasteiger partial charge on any atom is -0.395 e. The molecule has 2 heterocycles. The monoisotopic (exact) mass is 448 g/mol. The number of anilines is 2. The largest absolute Gasteiger partial charge is 0.395 e. The zero-order valence-electron chi connectivity index (χ0n) is 18.4. The van der Waals surface area contributed by atoms with Crippen molar-refractivity contribution in [3.05, 3.63) is 35.3 Å². The molecule has 0 spiro atoms. The molecule has 1 saturated heterocycles. The molecule has 1 aliphatic carbocycles. The van der Waals surface area contributed by atoms with Crippen molar-refractivity contribution in [2.45, 2.75) is 45.1 Å². The average Bonchev–Trinajstić information content (AvgIpc) is 3.49. The predicted octanol–water partition coefficient (Wildman–Crippen LogP) is 2.77. The van der Waals surface area contributed by atoms with Crippen LogP contribution < -0.4 is 15.5 Å². The van der Waals surface area contributed by atoms with Crippen LogP contribution in [0.3, 0.4) is 0 Å². The first-order valence-electron chi connectivity index (χ1n) is 11.0. The molecule has 1 aliphatic heterocycles.